The summed E-state index contributed by atoms with van der Waals surface area (Å²) < 4.78 is 5.74. The Labute approximate surface area is 142 Å². The highest BCUT2D eigenvalue weighted by Crippen LogP contribution is 2.32. The lowest BCUT2D eigenvalue weighted by atomic mass is 10.1. The van der Waals surface area contributed by atoms with Gasteiger partial charge in [0.15, 0.2) is 0 Å². The normalized spacial score (nSPS) is 14.8. The molecule has 0 radical (unpaired) electrons. The third kappa shape index (κ3) is 4.25. The van der Waals surface area contributed by atoms with Crippen molar-refractivity contribution < 1.29 is 9.53 Å². The van der Waals surface area contributed by atoms with Gasteiger partial charge in [-0.25, -0.2) is 9.78 Å². The van der Waals surface area contributed by atoms with E-state index in [4.69, 9.17) is 4.74 Å². The number of aryl methyl sites for hydroxylation is 2. The van der Waals surface area contributed by atoms with Gasteiger partial charge >= 0.3 is 6.03 Å². The number of carbonyl (C=O) groups excluding carboxylic acids is 1. The van der Waals surface area contributed by atoms with E-state index in [1.54, 1.807) is 18.3 Å². The molecule has 1 aromatic heterocycles. The van der Waals surface area contributed by atoms with E-state index < -0.39 is 0 Å². The SMILES string of the molecule is Cc1ccc(Oc2ccc(NC(=O)NC(C)C3CC3)cn2)cc1C. The summed E-state index contributed by atoms with van der Waals surface area (Å²) in [6.07, 6.45) is 4.00. The van der Waals surface area contributed by atoms with E-state index in [1.165, 1.54) is 24.0 Å². The number of benzene rings is 1. The molecule has 0 saturated heterocycles. The van der Waals surface area contributed by atoms with E-state index in [0.717, 1.165) is 5.75 Å². The van der Waals surface area contributed by atoms with E-state index in [0.29, 0.717) is 17.5 Å². The highest BCUT2D eigenvalue weighted by molar-refractivity contribution is 5.89. The molecule has 1 unspecified atom stereocenters. The number of hydrogen-bond acceptors (Lipinski definition) is 3. The fourth-order valence-electron chi connectivity index (χ4n) is 2.50. The number of amides is 2. The Balaban J connectivity index is 1.56. The third-order valence-electron chi connectivity index (χ3n) is 4.38. The van der Waals surface area contributed by atoms with Gasteiger partial charge in [0, 0.05) is 12.1 Å². The number of nitrogens with one attached hydrogen (secondary N) is 2. The summed E-state index contributed by atoms with van der Waals surface area (Å²) in [5.74, 6) is 1.88. The molecule has 1 atom stereocenters. The van der Waals surface area contributed by atoms with Crippen LogP contribution in [0.2, 0.25) is 0 Å². The van der Waals surface area contributed by atoms with Crippen molar-refractivity contribution in [3.63, 3.8) is 0 Å². The van der Waals surface area contributed by atoms with Gasteiger partial charge in [0.2, 0.25) is 5.88 Å². The molecule has 24 heavy (non-hydrogen) atoms. The van der Waals surface area contributed by atoms with Crippen LogP contribution in [-0.4, -0.2) is 17.1 Å². The minimum Gasteiger partial charge on any atom is -0.439 e. The smallest absolute Gasteiger partial charge is 0.319 e. The van der Waals surface area contributed by atoms with Gasteiger partial charge in [0.05, 0.1) is 11.9 Å². The van der Waals surface area contributed by atoms with Gasteiger partial charge in [-0.3, -0.25) is 0 Å². The number of urea groups is 1. The molecule has 1 fully saturated rings. The third-order valence-corrected chi connectivity index (χ3v) is 4.38. The Hall–Kier alpha value is -2.56. The quantitative estimate of drug-likeness (QED) is 0.856. The topological polar surface area (TPSA) is 63.2 Å². The Morgan fingerprint density at radius 3 is 2.62 bits per heavy atom. The second kappa shape index (κ2) is 6.91. The molecule has 2 aromatic rings. The van der Waals surface area contributed by atoms with Gasteiger partial charge in [-0.05, 0) is 68.9 Å². The van der Waals surface area contributed by atoms with Gasteiger partial charge in [0.25, 0.3) is 0 Å². The maximum Gasteiger partial charge on any atom is 0.319 e. The monoisotopic (exact) mass is 325 g/mol. The molecule has 1 saturated carbocycles. The standard InChI is InChI=1S/C19H23N3O2/c1-12-4-8-17(10-13(12)2)24-18-9-7-16(11-20-18)22-19(23)21-14(3)15-5-6-15/h4,7-11,14-15H,5-6H2,1-3H3,(H2,21,22,23). The zero-order chi connectivity index (χ0) is 17.1. The minimum absolute atomic E-state index is 0.195. The number of aromatic nitrogens is 1. The lowest BCUT2D eigenvalue weighted by Gasteiger charge is -2.13. The van der Waals surface area contributed by atoms with Crippen LogP contribution >= 0.6 is 0 Å². The Morgan fingerprint density at radius 2 is 2.00 bits per heavy atom. The van der Waals surface area contributed by atoms with Gasteiger partial charge < -0.3 is 15.4 Å². The molecule has 0 aliphatic heterocycles. The molecule has 1 aliphatic rings. The van der Waals surface area contributed by atoms with Crippen LogP contribution in [0.3, 0.4) is 0 Å². The number of ether oxygens (including phenoxy) is 1. The van der Waals surface area contributed by atoms with E-state index in [1.807, 2.05) is 32.0 Å². The minimum atomic E-state index is -0.195. The summed E-state index contributed by atoms with van der Waals surface area (Å²) in [7, 11) is 0. The molecule has 0 bridgehead atoms. The molecule has 2 amide bonds. The number of pyridine rings is 1. The van der Waals surface area contributed by atoms with E-state index in [2.05, 4.69) is 22.5 Å². The van der Waals surface area contributed by atoms with Gasteiger partial charge in [-0.15, -0.1) is 0 Å². The van der Waals surface area contributed by atoms with Crippen LogP contribution in [0, 0.1) is 19.8 Å². The second-order valence-electron chi connectivity index (χ2n) is 6.46. The molecule has 0 spiro atoms. The zero-order valence-electron chi connectivity index (χ0n) is 14.3. The van der Waals surface area contributed by atoms with Crippen molar-refractivity contribution >= 4 is 11.7 Å². The molecular formula is C19H23N3O2. The molecule has 1 heterocycles. The van der Waals surface area contributed by atoms with Crippen LogP contribution in [0.15, 0.2) is 36.5 Å². The van der Waals surface area contributed by atoms with Crippen LogP contribution in [-0.2, 0) is 0 Å². The van der Waals surface area contributed by atoms with Crippen molar-refractivity contribution in [1.29, 1.82) is 0 Å². The maximum absolute atomic E-state index is 11.9. The first kappa shape index (κ1) is 16.3. The predicted octanol–water partition coefficient (Wildman–Crippen LogP) is 4.41. The van der Waals surface area contributed by atoms with Crippen molar-refractivity contribution in [3.8, 4) is 11.6 Å². The number of nitrogens with zero attached hydrogens (tertiary/aromatic N) is 1. The summed E-state index contributed by atoms with van der Waals surface area (Å²) in [6, 6.07) is 9.47. The molecule has 3 rings (SSSR count). The average molecular weight is 325 g/mol. The summed E-state index contributed by atoms with van der Waals surface area (Å²) in [4.78, 5) is 16.2. The fraction of sp³-hybridized carbons (Fsp3) is 0.368. The molecule has 1 aliphatic carbocycles. The summed E-state index contributed by atoms with van der Waals surface area (Å²) in [5, 5.41) is 5.74. The van der Waals surface area contributed by atoms with Crippen LogP contribution < -0.4 is 15.4 Å². The Kier molecular flexibility index (Phi) is 4.69. The van der Waals surface area contributed by atoms with Crippen molar-refractivity contribution in [2.24, 2.45) is 5.92 Å². The first-order valence-corrected chi connectivity index (χ1v) is 8.30. The first-order valence-electron chi connectivity index (χ1n) is 8.30. The van der Waals surface area contributed by atoms with E-state index in [-0.39, 0.29) is 12.1 Å². The lowest BCUT2D eigenvalue weighted by molar-refractivity contribution is 0.248. The molecule has 2 N–H and O–H groups in total. The maximum atomic E-state index is 11.9. The van der Waals surface area contributed by atoms with Crippen molar-refractivity contribution in [3.05, 3.63) is 47.7 Å². The second-order valence-corrected chi connectivity index (χ2v) is 6.46. The number of hydrogen-bond donors (Lipinski definition) is 2. The van der Waals surface area contributed by atoms with Gasteiger partial charge in [-0.2, -0.15) is 0 Å². The first-order chi connectivity index (χ1) is 11.5. The van der Waals surface area contributed by atoms with Crippen molar-refractivity contribution in [2.45, 2.75) is 39.7 Å². The summed E-state index contributed by atoms with van der Waals surface area (Å²) >= 11 is 0. The average Bonchev–Trinajstić information content (AvgIpc) is 3.38. The molecule has 5 heteroatoms. The zero-order valence-corrected chi connectivity index (χ0v) is 14.3. The Morgan fingerprint density at radius 1 is 1.21 bits per heavy atom. The van der Waals surface area contributed by atoms with Crippen molar-refractivity contribution in [2.75, 3.05) is 5.32 Å². The fourth-order valence-corrected chi connectivity index (χ4v) is 2.50. The molecule has 5 nitrogen and oxygen atoms in total. The van der Waals surface area contributed by atoms with Crippen LogP contribution in [0.1, 0.15) is 30.9 Å². The number of carbonyl (C=O) groups is 1. The van der Waals surface area contributed by atoms with Crippen molar-refractivity contribution in [1.82, 2.24) is 10.3 Å². The number of rotatable bonds is 5. The van der Waals surface area contributed by atoms with Crippen LogP contribution in [0.5, 0.6) is 11.6 Å². The highest BCUT2D eigenvalue weighted by Gasteiger charge is 2.28. The summed E-state index contributed by atoms with van der Waals surface area (Å²) in [6.45, 7) is 6.15. The Bertz CT molecular complexity index is 724. The van der Waals surface area contributed by atoms with Gasteiger partial charge in [-0.1, -0.05) is 6.07 Å². The molecule has 1 aromatic carbocycles. The number of anilines is 1. The summed E-state index contributed by atoms with van der Waals surface area (Å²) in [5.41, 5.74) is 3.04. The van der Waals surface area contributed by atoms with Crippen LogP contribution in [0.25, 0.3) is 0 Å². The van der Waals surface area contributed by atoms with Crippen LogP contribution in [0.4, 0.5) is 10.5 Å². The van der Waals surface area contributed by atoms with E-state index >= 15 is 0 Å². The molecular weight excluding hydrogens is 302 g/mol. The lowest BCUT2D eigenvalue weighted by Crippen LogP contribution is -2.37. The molecule has 126 valence electrons. The van der Waals surface area contributed by atoms with E-state index in [9.17, 15) is 4.79 Å². The highest BCUT2D eigenvalue weighted by atomic mass is 16.5. The predicted molar refractivity (Wildman–Crippen MR) is 94.6 cm³/mol. The van der Waals surface area contributed by atoms with Gasteiger partial charge in [0.1, 0.15) is 5.75 Å². The largest absolute Gasteiger partial charge is 0.439 e.